The van der Waals surface area contributed by atoms with Gasteiger partial charge in [-0.3, -0.25) is 9.78 Å². The van der Waals surface area contributed by atoms with Crippen molar-refractivity contribution in [2.45, 2.75) is 13.0 Å². The first-order chi connectivity index (χ1) is 6.74. The van der Waals surface area contributed by atoms with Crippen LogP contribution in [0.1, 0.15) is 17.4 Å². The van der Waals surface area contributed by atoms with Crippen LogP contribution >= 0.6 is 0 Å². The molecular weight excluding hydrogens is 180 g/mol. The number of ether oxygens (including phenoxy) is 1. The first kappa shape index (κ1) is 10.7. The molecule has 14 heavy (non-hydrogen) atoms. The smallest absolute Gasteiger partial charge is 0.270 e. The Hall–Kier alpha value is -1.42. The van der Waals surface area contributed by atoms with Crippen molar-refractivity contribution in [3.8, 4) is 0 Å². The van der Waals surface area contributed by atoms with Crippen molar-refractivity contribution in [2.75, 3.05) is 13.7 Å². The van der Waals surface area contributed by atoms with Gasteiger partial charge in [0.25, 0.3) is 5.91 Å². The number of methoxy groups -OCH3 is 1. The van der Waals surface area contributed by atoms with Gasteiger partial charge in [-0.25, -0.2) is 0 Å². The van der Waals surface area contributed by atoms with Crippen LogP contribution in [0.3, 0.4) is 0 Å². The summed E-state index contributed by atoms with van der Waals surface area (Å²) in [7, 11) is 1.60. The number of nitrogens with one attached hydrogen (secondary N) is 1. The maximum Gasteiger partial charge on any atom is 0.270 e. The largest absolute Gasteiger partial charge is 0.383 e. The molecular formula is C10H14N2O2. The number of carbonyl (C=O) groups excluding carboxylic acids is 1. The molecule has 1 unspecified atom stereocenters. The molecule has 0 bridgehead atoms. The van der Waals surface area contributed by atoms with Gasteiger partial charge < -0.3 is 10.1 Å². The monoisotopic (exact) mass is 194 g/mol. The van der Waals surface area contributed by atoms with Crippen molar-refractivity contribution >= 4 is 5.91 Å². The van der Waals surface area contributed by atoms with Crippen molar-refractivity contribution in [3.05, 3.63) is 30.1 Å². The molecule has 1 aromatic heterocycles. The molecule has 0 aliphatic carbocycles. The third-order valence-corrected chi connectivity index (χ3v) is 1.69. The highest BCUT2D eigenvalue weighted by atomic mass is 16.5. The van der Waals surface area contributed by atoms with Gasteiger partial charge in [-0.05, 0) is 19.1 Å². The minimum Gasteiger partial charge on any atom is -0.383 e. The second kappa shape index (κ2) is 5.34. The fraction of sp³-hybridized carbons (Fsp3) is 0.400. The van der Waals surface area contributed by atoms with Gasteiger partial charge in [0.1, 0.15) is 5.69 Å². The lowest BCUT2D eigenvalue weighted by Crippen LogP contribution is -2.35. The van der Waals surface area contributed by atoms with Crippen LogP contribution in [0.5, 0.6) is 0 Å². The normalized spacial score (nSPS) is 12.1. The predicted octanol–water partition coefficient (Wildman–Crippen LogP) is 0.846. The van der Waals surface area contributed by atoms with E-state index in [-0.39, 0.29) is 11.9 Å². The second-order valence-electron chi connectivity index (χ2n) is 3.04. The average Bonchev–Trinajstić information content (AvgIpc) is 2.19. The summed E-state index contributed by atoms with van der Waals surface area (Å²) < 4.78 is 4.91. The Morgan fingerprint density at radius 1 is 1.64 bits per heavy atom. The standard InChI is InChI=1S/C10H14N2O2/c1-8(7-14-2)12-10(13)9-5-3-4-6-11-9/h3-6,8H,7H2,1-2H3,(H,12,13). The fourth-order valence-corrected chi connectivity index (χ4v) is 1.09. The van der Waals surface area contributed by atoms with Crippen molar-refractivity contribution in [1.82, 2.24) is 10.3 Å². The molecule has 1 rings (SSSR count). The van der Waals surface area contributed by atoms with Crippen LogP contribution in [0.15, 0.2) is 24.4 Å². The Labute approximate surface area is 83.3 Å². The highest BCUT2D eigenvalue weighted by Crippen LogP contribution is 1.94. The zero-order valence-corrected chi connectivity index (χ0v) is 8.36. The van der Waals surface area contributed by atoms with E-state index in [9.17, 15) is 4.79 Å². The van der Waals surface area contributed by atoms with Crippen molar-refractivity contribution < 1.29 is 9.53 Å². The Bertz CT molecular complexity index is 287. The van der Waals surface area contributed by atoms with Crippen molar-refractivity contribution in [2.24, 2.45) is 0 Å². The third-order valence-electron chi connectivity index (χ3n) is 1.69. The highest BCUT2D eigenvalue weighted by molar-refractivity contribution is 5.92. The van der Waals surface area contributed by atoms with Crippen LogP contribution in [0, 0.1) is 0 Å². The summed E-state index contributed by atoms with van der Waals surface area (Å²) in [6.45, 7) is 2.38. The van der Waals surface area contributed by atoms with E-state index >= 15 is 0 Å². The minimum atomic E-state index is -0.171. The number of rotatable bonds is 4. The molecule has 0 fully saturated rings. The van der Waals surface area contributed by atoms with Crippen molar-refractivity contribution in [1.29, 1.82) is 0 Å². The molecule has 0 radical (unpaired) electrons. The van der Waals surface area contributed by atoms with Gasteiger partial charge in [0.15, 0.2) is 0 Å². The molecule has 1 heterocycles. The average molecular weight is 194 g/mol. The zero-order chi connectivity index (χ0) is 10.4. The van der Waals surface area contributed by atoms with Gasteiger partial charge in [-0.2, -0.15) is 0 Å². The van der Waals surface area contributed by atoms with E-state index in [1.165, 1.54) is 0 Å². The van der Waals surface area contributed by atoms with Crippen LogP contribution < -0.4 is 5.32 Å². The van der Waals surface area contributed by atoms with E-state index in [1.54, 1.807) is 31.5 Å². The second-order valence-corrected chi connectivity index (χ2v) is 3.04. The minimum absolute atomic E-state index is 0.00509. The lowest BCUT2D eigenvalue weighted by molar-refractivity contribution is 0.0900. The van der Waals surface area contributed by atoms with Crippen LogP contribution in [0.4, 0.5) is 0 Å². The van der Waals surface area contributed by atoms with E-state index < -0.39 is 0 Å². The molecule has 0 spiro atoms. The van der Waals surface area contributed by atoms with Gasteiger partial charge in [-0.1, -0.05) is 6.07 Å². The number of pyridine rings is 1. The van der Waals surface area contributed by atoms with Crippen LogP contribution in [-0.2, 0) is 4.74 Å². The molecule has 1 atom stereocenters. The Kier molecular flexibility index (Phi) is 4.07. The van der Waals surface area contributed by atoms with E-state index in [0.717, 1.165) is 0 Å². The SMILES string of the molecule is COCC(C)NC(=O)c1ccccn1. The predicted molar refractivity (Wildman–Crippen MR) is 53.0 cm³/mol. The summed E-state index contributed by atoms with van der Waals surface area (Å²) in [4.78, 5) is 15.4. The van der Waals surface area contributed by atoms with Crippen molar-refractivity contribution in [3.63, 3.8) is 0 Å². The first-order valence-corrected chi connectivity index (χ1v) is 4.45. The molecule has 1 N–H and O–H groups in total. The topological polar surface area (TPSA) is 51.2 Å². The van der Waals surface area contributed by atoms with E-state index in [0.29, 0.717) is 12.3 Å². The fourth-order valence-electron chi connectivity index (χ4n) is 1.09. The Morgan fingerprint density at radius 3 is 3.00 bits per heavy atom. The summed E-state index contributed by atoms with van der Waals surface area (Å²) in [5.41, 5.74) is 0.426. The maximum absolute atomic E-state index is 11.5. The maximum atomic E-state index is 11.5. The quantitative estimate of drug-likeness (QED) is 0.773. The van der Waals surface area contributed by atoms with Crippen LogP contribution in [0.2, 0.25) is 0 Å². The van der Waals surface area contributed by atoms with Gasteiger partial charge in [0, 0.05) is 19.3 Å². The zero-order valence-electron chi connectivity index (χ0n) is 8.36. The summed E-state index contributed by atoms with van der Waals surface area (Å²) in [5.74, 6) is -0.171. The molecule has 0 saturated heterocycles. The Morgan fingerprint density at radius 2 is 2.43 bits per heavy atom. The molecule has 0 aliphatic rings. The number of aromatic nitrogens is 1. The van der Waals surface area contributed by atoms with Gasteiger partial charge in [0.05, 0.1) is 6.61 Å². The summed E-state index contributed by atoms with van der Waals surface area (Å²) in [5, 5.41) is 2.77. The first-order valence-electron chi connectivity index (χ1n) is 4.45. The summed E-state index contributed by atoms with van der Waals surface area (Å²) in [6.07, 6.45) is 1.59. The molecule has 4 heteroatoms. The molecule has 0 saturated carbocycles. The third kappa shape index (κ3) is 3.14. The van der Waals surface area contributed by atoms with E-state index in [2.05, 4.69) is 10.3 Å². The number of nitrogens with zero attached hydrogens (tertiary/aromatic N) is 1. The highest BCUT2D eigenvalue weighted by Gasteiger charge is 2.09. The number of hydrogen-bond acceptors (Lipinski definition) is 3. The molecule has 76 valence electrons. The number of hydrogen-bond donors (Lipinski definition) is 1. The van der Waals surface area contributed by atoms with E-state index in [4.69, 9.17) is 4.74 Å². The lowest BCUT2D eigenvalue weighted by atomic mass is 10.3. The molecule has 4 nitrogen and oxygen atoms in total. The van der Waals surface area contributed by atoms with Crippen LogP contribution in [-0.4, -0.2) is 30.6 Å². The van der Waals surface area contributed by atoms with Gasteiger partial charge in [0.2, 0.25) is 0 Å². The number of amides is 1. The van der Waals surface area contributed by atoms with Gasteiger partial charge in [-0.15, -0.1) is 0 Å². The molecule has 1 amide bonds. The lowest BCUT2D eigenvalue weighted by Gasteiger charge is -2.11. The summed E-state index contributed by atoms with van der Waals surface area (Å²) in [6, 6.07) is 5.22. The molecule has 0 aromatic carbocycles. The number of carbonyl (C=O) groups is 1. The summed E-state index contributed by atoms with van der Waals surface area (Å²) >= 11 is 0. The van der Waals surface area contributed by atoms with Gasteiger partial charge >= 0.3 is 0 Å². The molecule has 0 aliphatic heterocycles. The Balaban J connectivity index is 2.51. The van der Waals surface area contributed by atoms with Crippen LogP contribution in [0.25, 0.3) is 0 Å². The van der Waals surface area contributed by atoms with E-state index in [1.807, 2.05) is 6.92 Å². The molecule has 1 aromatic rings.